The van der Waals surface area contributed by atoms with Crippen molar-refractivity contribution < 1.29 is 4.43 Å². The molecule has 0 unspecified atom stereocenters. The molecule has 1 fully saturated rings. The van der Waals surface area contributed by atoms with Crippen LogP contribution in [0.4, 0.5) is 0 Å². The minimum absolute atomic E-state index is 0.543. The van der Waals surface area contributed by atoms with Crippen LogP contribution in [0.15, 0.2) is 0 Å². The molecule has 1 aliphatic carbocycles. The Kier molecular flexibility index (Phi) is 9.10. The Morgan fingerprint density at radius 3 is 1.82 bits per heavy atom. The lowest BCUT2D eigenvalue weighted by Gasteiger charge is -2.46. The van der Waals surface area contributed by atoms with Gasteiger partial charge in [-0.25, -0.2) is 0 Å². The summed E-state index contributed by atoms with van der Waals surface area (Å²) in [5.74, 6) is 1.36. The monoisotopic (exact) mass is 344 g/mol. The summed E-state index contributed by atoms with van der Waals surface area (Å²) in [6.07, 6.45) is 8.59. The van der Waals surface area contributed by atoms with Crippen LogP contribution in [0.1, 0.15) is 87.0 Å². The van der Waals surface area contributed by atoms with E-state index in [1.54, 1.807) is 0 Å². The van der Waals surface area contributed by atoms with Gasteiger partial charge >= 0.3 is 0 Å². The predicted octanol–water partition coefficient (Wildman–Crippen LogP) is 7.02. The van der Waals surface area contributed by atoms with Gasteiger partial charge < -0.3 is 4.43 Å². The molecule has 1 saturated carbocycles. The summed E-state index contributed by atoms with van der Waals surface area (Å²) in [5, 5.41) is 0.902. The van der Waals surface area contributed by atoms with Gasteiger partial charge in [0.2, 0.25) is 8.32 Å². The van der Waals surface area contributed by atoms with Crippen LogP contribution in [0.5, 0.6) is 0 Å². The fraction of sp³-hybridized carbons (Fsp3) is 1.00. The molecule has 0 saturated heterocycles. The summed E-state index contributed by atoms with van der Waals surface area (Å²) in [6, 6.07) is 0. The average molecular weight is 345 g/mol. The van der Waals surface area contributed by atoms with Crippen LogP contribution in [-0.2, 0) is 4.43 Å². The molecule has 1 aliphatic rings. The highest BCUT2D eigenvalue weighted by molar-refractivity contribution is 7.99. The van der Waals surface area contributed by atoms with Crippen molar-refractivity contribution in [3.63, 3.8) is 0 Å². The van der Waals surface area contributed by atoms with Crippen LogP contribution in [-0.4, -0.2) is 25.4 Å². The Bertz CT molecular complexity index is 274. The van der Waals surface area contributed by atoms with Crippen molar-refractivity contribution in [2.24, 2.45) is 0 Å². The Hall–Kier alpha value is 0.527. The SMILES string of the molecule is CCCCSC1CCC(O[Si](C(C)C)(C(C)C)C(C)C)CC1. The van der Waals surface area contributed by atoms with Gasteiger partial charge in [0.05, 0.1) is 0 Å². The van der Waals surface area contributed by atoms with Gasteiger partial charge in [0.25, 0.3) is 0 Å². The van der Waals surface area contributed by atoms with Crippen LogP contribution in [0.25, 0.3) is 0 Å². The minimum Gasteiger partial charge on any atom is -0.413 e. The van der Waals surface area contributed by atoms with Gasteiger partial charge in [-0.05, 0) is 54.5 Å². The first kappa shape index (κ1) is 20.6. The van der Waals surface area contributed by atoms with E-state index >= 15 is 0 Å². The molecular weight excluding hydrogens is 304 g/mol. The summed E-state index contributed by atoms with van der Waals surface area (Å²) in [6.45, 7) is 16.7. The Balaban J connectivity index is 2.55. The van der Waals surface area contributed by atoms with Crippen molar-refractivity contribution >= 4 is 20.1 Å². The maximum absolute atomic E-state index is 6.97. The molecule has 3 heteroatoms. The summed E-state index contributed by atoms with van der Waals surface area (Å²) in [4.78, 5) is 0. The number of thioether (sulfide) groups is 1. The molecule has 22 heavy (non-hydrogen) atoms. The molecule has 1 rings (SSSR count). The van der Waals surface area contributed by atoms with Crippen molar-refractivity contribution in [3.05, 3.63) is 0 Å². The molecule has 0 aromatic rings. The molecule has 0 aromatic carbocycles. The van der Waals surface area contributed by atoms with Gasteiger partial charge in [0, 0.05) is 11.4 Å². The molecule has 0 radical (unpaired) electrons. The third-order valence-electron chi connectivity index (χ3n) is 5.55. The van der Waals surface area contributed by atoms with E-state index in [0.29, 0.717) is 22.7 Å². The molecule has 132 valence electrons. The fourth-order valence-electron chi connectivity index (χ4n) is 4.41. The molecule has 0 atom stereocenters. The van der Waals surface area contributed by atoms with E-state index in [4.69, 9.17) is 4.43 Å². The second-order valence-corrected chi connectivity index (χ2v) is 14.9. The van der Waals surface area contributed by atoms with Crippen molar-refractivity contribution in [1.29, 1.82) is 0 Å². The molecule has 0 aromatic heterocycles. The van der Waals surface area contributed by atoms with Crippen LogP contribution in [0.3, 0.4) is 0 Å². The number of hydrogen-bond acceptors (Lipinski definition) is 2. The van der Waals surface area contributed by atoms with Crippen molar-refractivity contribution in [2.45, 2.75) is 115 Å². The van der Waals surface area contributed by atoms with E-state index in [1.807, 2.05) is 0 Å². The van der Waals surface area contributed by atoms with Gasteiger partial charge in [0.15, 0.2) is 0 Å². The Morgan fingerprint density at radius 1 is 0.909 bits per heavy atom. The first-order chi connectivity index (χ1) is 10.3. The minimum atomic E-state index is -1.67. The third-order valence-corrected chi connectivity index (χ3v) is 13.2. The normalized spacial score (nSPS) is 23.7. The molecular formula is C19H40OSSi. The van der Waals surface area contributed by atoms with Crippen LogP contribution in [0.2, 0.25) is 16.6 Å². The van der Waals surface area contributed by atoms with E-state index in [1.165, 1.54) is 44.3 Å². The van der Waals surface area contributed by atoms with Crippen molar-refractivity contribution in [3.8, 4) is 0 Å². The standard InChI is InChI=1S/C19H40OSSi/c1-8-9-14-21-19-12-10-18(11-13-19)20-22(15(2)3,16(4)5)17(6)7/h15-19H,8-14H2,1-7H3. The smallest absolute Gasteiger partial charge is 0.200 e. The maximum atomic E-state index is 6.97. The lowest BCUT2D eigenvalue weighted by molar-refractivity contribution is 0.134. The van der Waals surface area contributed by atoms with Gasteiger partial charge in [0.1, 0.15) is 0 Å². The van der Waals surface area contributed by atoms with Crippen LogP contribution >= 0.6 is 11.8 Å². The summed E-state index contributed by atoms with van der Waals surface area (Å²) >= 11 is 2.22. The first-order valence-electron chi connectivity index (χ1n) is 9.63. The Morgan fingerprint density at radius 2 is 1.41 bits per heavy atom. The second kappa shape index (κ2) is 9.73. The lowest BCUT2D eigenvalue weighted by atomic mass is 9.97. The van der Waals surface area contributed by atoms with Gasteiger partial charge in [-0.1, -0.05) is 54.9 Å². The maximum Gasteiger partial charge on any atom is 0.200 e. The third kappa shape index (κ3) is 5.27. The summed E-state index contributed by atoms with van der Waals surface area (Å²) < 4.78 is 6.97. The molecule has 0 heterocycles. The van der Waals surface area contributed by atoms with Gasteiger partial charge in [-0.15, -0.1) is 0 Å². The molecule has 0 amide bonds. The highest BCUT2D eigenvalue weighted by Crippen LogP contribution is 2.44. The fourth-order valence-corrected chi connectivity index (χ4v) is 11.4. The summed E-state index contributed by atoms with van der Waals surface area (Å²) in [5.41, 5.74) is 2.14. The van der Waals surface area contributed by atoms with Crippen molar-refractivity contribution in [2.75, 3.05) is 5.75 Å². The second-order valence-electron chi connectivity index (χ2n) is 8.06. The van der Waals surface area contributed by atoms with Gasteiger partial charge in [-0.2, -0.15) is 11.8 Å². The van der Waals surface area contributed by atoms with E-state index in [2.05, 4.69) is 60.2 Å². The Labute approximate surface area is 145 Å². The lowest BCUT2D eigenvalue weighted by Crippen LogP contribution is -2.50. The molecule has 1 nitrogen and oxygen atoms in total. The highest BCUT2D eigenvalue weighted by atomic mass is 32.2. The highest BCUT2D eigenvalue weighted by Gasteiger charge is 2.46. The predicted molar refractivity (Wildman–Crippen MR) is 106 cm³/mol. The van der Waals surface area contributed by atoms with E-state index in [-0.39, 0.29) is 0 Å². The van der Waals surface area contributed by atoms with E-state index in [9.17, 15) is 0 Å². The average Bonchev–Trinajstić information content (AvgIpc) is 2.45. The number of rotatable bonds is 9. The zero-order chi connectivity index (χ0) is 16.8. The molecule has 0 bridgehead atoms. The molecule has 0 spiro atoms. The van der Waals surface area contributed by atoms with E-state index in [0.717, 1.165) is 5.25 Å². The molecule has 0 aliphatic heterocycles. The first-order valence-corrected chi connectivity index (χ1v) is 12.8. The quantitative estimate of drug-likeness (QED) is 0.328. The van der Waals surface area contributed by atoms with Crippen LogP contribution < -0.4 is 0 Å². The van der Waals surface area contributed by atoms with E-state index < -0.39 is 8.32 Å². The summed E-state index contributed by atoms with van der Waals surface area (Å²) in [7, 11) is -1.67. The van der Waals surface area contributed by atoms with Crippen LogP contribution in [0, 0.1) is 0 Å². The largest absolute Gasteiger partial charge is 0.413 e. The number of unbranched alkanes of at least 4 members (excludes halogenated alkanes) is 1. The van der Waals surface area contributed by atoms with Crippen molar-refractivity contribution in [1.82, 2.24) is 0 Å². The topological polar surface area (TPSA) is 9.23 Å². The molecule has 0 N–H and O–H groups in total. The zero-order valence-corrected chi connectivity index (χ0v) is 18.0. The number of hydrogen-bond donors (Lipinski definition) is 0. The van der Waals surface area contributed by atoms with Gasteiger partial charge in [-0.3, -0.25) is 0 Å². The zero-order valence-electron chi connectivity index (χ0n) is 16.2.